The fourth-order valence-corrected chi connectivity index (χ4v) is 2.11. The fraction of sp³-hybridized carbons (Fsp3) is 0.500. The Labute approximate surface area is 124 Å². The number of nitrogens with zero attached hydrogens (tertiary/aromatic N) is 1. The molecular formula is C16H21NO4. The second kappa shape index (κ2) is 7.90. The van der Waals surface area contributed by atoms with Crippen LogP contribution in [0.5, 0.6) is 0 Å². The minimum atomic E-state index is -0.284. The zero-order valence-electron chi connectivity index (χ0n) is 12.5. The molecule has 1 aliphatic rings. The van der Waals surface area contributed by atoms with Crippen LogP contribution < -0.4 is 0 Å². The first-order valence-electron chi connectivity index (χ1n) is 7.15. The lowest BCUT2D eigenvalue weighted by molar-refractivity contribution is -0.137. The molecule has 114 valence electrons. The average molecular weight is 291 g/mol. The van der Waals surface area contributed by atoms with Crippen LogP contribution >= 0.6 is 0 Å². The first kappa shape index (κ1) is 15.7. The molecule has 1 fully saturated rings. The standard InChI is InChI=1S/C16H21NO4/c1-3-21-16(18)9-15(12-4-5-12)13-6-7-17-14(8-13)10-20-11-19-2/h6-9,12H,3-5,10-11H2,1-2H3. The highest BCUT2D eigenvalue weighted by atomic mass is 16.7. The Hall–Kier alpha value is -1.72. The lowest BCUT2D eigenvalue weighted by Crippen LogP contribution is -2.03. The summed E-state index contributed by atoms with van der Waals surface area (Å²) in [4.78, 5) is 16.0. The lowest BCUT2D eigenvalue weighted by atomic mass is 10.0. The molecule has 0 saturated heterocycles. The Morgan fingerprint density at radius 1 is 1.48 bits per heavy atom. The van der Waals surface area contributed by atoms with E-state index in [1.54, 1.807) is 26.3 Å². The quantitative estimate of drug-likeness (QED) is 0.319. The Balaban J connectivity index is 2.13. The van der Waals surface area contributed by atoms with Crippen molar-refractivity contribution in [1.29, 1.82) is 0 Å². The third kappa shape index (κ3) is 4.95. The number of aromatic nitrogens is 1. The molecule has 2 rings (SSSR count). The molecule has 0 N–H and O–H groups in total. The van der Waals surface area contributed by atoms with Gasteiger partial charge in [-0.15, -0.1) is 0 Å². The van der Waals surface area contributed by atoms with Gasteiger partial charge in [0.2, 0.25) is 0 Å². The Morgan fingerprint density at radius 2 is 2.29 bits per heavy atom. The molecule has 5 nitrogen and oxygen atoms in total. The third-order valence-corrected chi connectivity index (χ3v) is 3.18. The summed E-state index contributed by atoms with van der Waals surface area (Å²) in [6.07, 6.45) is 5.57. The van der Waals surface area contributed by atoms with E-state index in [9.17, 15) is 4.79 Å². The summed E-state index contributed by atoms with van der Waals surface area (Å²) in [5.74, 6) is 0.165. The van der Waals surface area contributed by atoms with Gasteiger partial charge in [0.25, 0.3) is 0 Å². The molecule has 0 amide bonds. The number of methoxy groups -OCH3 is 1. The second-order valence-electron chi connectivity index (χ2n) is 4.92. The van der Waals surface area contributed by atoms with Crippen LogP contribution in [0, 0.1) is 5.92 Å². The van der Waals surface area contributed by atoms with Crippen molar-refractivity contribution >= 4 is 11.5 Å². The minimum Gasteiger partial charge on any atom is -0.463 e. The molecule has 5 heteroatoms. The van der Waals surface area contributed by atoms with Crippen molar-refractivity contribution in [3.63, 3.8) is 0 Å². The number of pyridine rings is 1. The van der Waals surface area contributed by atoms with E-state index < -0.39 is 0 Å². The Morgan fingerprint density at radius 3 is 2.95 bits per heavy atom. The number of carbonyl (C=O) groups excluding carboxylic acids is 1. The van der Waals surface area contributed by atoms with Gasteiger partial charge < -0.3 is 14.2 Å². The molecule has 0 aliphatic heterocycles. The summed E-state index contributed by atoms with van der Waals surface area (Å²) in [6, 6.07) is 3.88. The number of esters is 1. The van der Waals surface area contributed by atoms with Crippen molar-refractivity contribution < 1.29 is 19.0 Å². The van der Waals surface area contributed by atoms with Crippen LogP contribution in [0.2, 0.25) is 0 Å². The molecule has 21 heavy (non-hydrogen) atoms. The lowest BCUT2D eigenvalue weighted by Gasteiger charge is -2.09. The number of ether oxygens (including phenoxy) is 3. The smallest absolute Gasteiger partial charge is 0.331 e. The first-order valence-corrected chi connectivity index (χ1v) is 7.15. The second-order valence-corrected chi connectivity index (χ2v) is 4.92. The summed E-state index contributed by atoms with van der Waals surface area (Å²) in [5, 5.41) is 0. The van der Waals surface area contributed by atoms with Gasteiger partial charge in [0.05, 0.1) is 18.9 Å². The van der Waals surface area contributed by atoms with E-state index in [-0.39, 0.29) is 12.8 Å². The summed E-state index contributed by atoms with van der Waals surface area (Å²) in [6.45, 7) is 2.82. The Bertz CT molecular complexity index is 509. The van der Waals surface area contributed by atoms with Crippen molar-refractivity contribution in [1.82, 2.24) is 4.98 Å². The van der Waals surface area contributed by atoms with Crippen LogP contribution in [0.3, 0.4) is 0 Å². The van der Waals surface area contributed by atoms with E-state index in [0.717, 1.165) is 29.7 Å². The number of carbonyl (C=O) groups is 1. The van der Waals surface area contributed by atoms with E-state index >= 15 is 0 Å². The number of hydrogen-bond donors (Lipinski definition) is 0. The average Bonchev–Trinajstić information content (AvgIpc) is 3.30. The van der Waals surface area contributed by atoms with Gasteiger partial charge in [-0.05, 0) is 49.0 Å². The molecular weight excluding hydrogens is 270 g/mol. The van der Waals surface area contributed by atoms with Gasteiger partial charge in [0, 0.05) is 19.4 Å². The molecule has 1 saturated carbocycles. The van der Waals surface area contributed by atoms with Crippen molar-refractivity contribution in [2.24, 2.45) is 5.92 Å². The molecule has 1 aliphatic carbocycles. The monoisotopic (exact) mass is 291 g/mol. The zero-order valence-corrected chi connectivity index (χ0v) is 12.5. The van der Waals surface area contributed by atoms with Crippen molar-refractivity contribution in [2.75, 3.05) is 20.5 Å². The van der Waals surface area contributed by atoms with E-state index in [1.807, 2.05) is 12.1 Å². The van der Waals surface area contributed by atoms with Gasteiger partial charge in [0.15, 0.2) is 0 Å². The van der Waals surface area contributed by atoms with E-state index in [1.165, 1.54) is 0 Å². The largest absolute Gasteiger partial charge is 0.463 e. The molecule has 1 heterocycles. The summed E-state index contributed by atoms with van der Waals surface area (Å²) >= 11 is 0. The highest BCUT2D eigenvalue weighted by molar-refractivity contribution is 5.92. The van der Waals surface area contributed by atoms with Crippen LogP contribution in [0.4, 0.5) is 0 Å². The normalized spacial score (nSPS) is 15.0. The SMILES string of the molecule is CCOC(=O)C=C(c1ccnc(COCOC)c1)C1CC1. The van der Waals surface area contributed by atoms with Crippen molar-refractivity contribution in [2.45, 2.75) is 26.4 Å². The third-order valence-electron chi connectivity index (χ3n) is 3.18. The molecule has 0 spiro atoms. The molecule has 0 bridgehead atoms. The van der Waals surface area contributed by atoms with Crippen molar-refractivity contribution in [3.8, 4) is 0 Å². The maximum Gasteiger partial charge on any atom is 0.331 e. The van der Waals surface area contributed by atoms with Crippen LogP contribution in [0.1, 0.15) is 31.0 Å². The van der Waals surface area contributed by atoms with Gasteiger partial charge in [0.1, 0.15) is 6.79 Å². The number of allylic oxidation sites excluding steroid dienone is 1. The zero-order chi connectivity index (χ0) is 15.1. The predicted octanol–water partition coefficient (Wildman–Crippen LogP) is 2.56. The molecule has 1 aromatic rings. The highest BCUT2D eigenvalue weighted by Gasteiger charge is 2.28. The molecule has 0 atom stereocenters. The number of hydrogen-bond acceptors (Lipinski definition) is 5. The summed E-state index contributed by atoms with van der Waals surface area (Å²) in [7, 11) is 1.58. The minimum absolute atomic E-state index is 0.236. The fourth-order valence-electron chi connectivity index (χ4n) is 2.11. The summed E-state index contributed by atoms with van der Waals surface area (Å²) in [5.41, 5.74) is 2.86. The van der Waals surface area contributed by atoms with Gasteiger partial charge in [-0.25, -0.2) is 4.79 Å². The summed E-state index contributed by atoms with van der Waals surface area (Å²) < 4.78 is 15.2. The van der Waals surface area contributed by atoms with Crippen LogP contribution in [-0.4, -0.2) is 31.5 Å². The maximum absolute atomic E-state index is 11.7. The van der Waals surface area contributed by atoms with Gasteiger partial charge >= 0.3 is 5.97 Å². The number of rotatable bonds is 8. The van der Waals surface area contributed by atoms with E-state index in [4.69, 9.17) is 14.2 Å². The predicted molar refractivity (Wildman–Crippen MR) is 78.2 cm³/mol. The maximum atomic E-state index is 11.7. The molecule has 0 radical (unpaired) electrons. The van der Waals surface area contributed by atoms with Crippen LogP contribution in [-0.2, 0) is 25.6 Å². The van der Waals surface area contributed by atoms with Crippen LogP contribution in [0.25, 0.3) is 5.57 Å². The first-order chi connectivity index (χ1) is 10.2. The Kier molecular flexibility index (Phi) is 5.90. The van der Waals surface area contributed by atoms with E-state index in [0.29, 0.717) is 19.1 Å². The van der Waals surface area contributed by atoms with Gasteiger partial charge in [-0.3, -0.25) is 4.98 Å². The molecule has 0 aromatic carbocycles. The van der Waals surface area contributed by atoms with Crippen molar-refractivity contribution in [3.05, 3.63) is 35.7 Å². The topological polar surface area (TPSA) is 57.7 Å². The van der Waals surface area contributed by atoms with E-state index in [2.05, 4.69) is 4.98 Å². The van der Waals surface area contributed by atoms with Gasteiger partial charge in [-0.1, -0.05) is 0 Å². The van der Waals surface area contributed by atoms with Crippen LogP contribution in [0.15, 0.2) is 24.4 Å². The highest BCUT2D eigenvalue weighted by Crippen LogP contribution is 2.41. The molecule has 1 aromatic heterocycles. The van der Waals surface area contributed by atoms with Gasteiger partial charge in [-0.2, -0.15) is 0 Å². The molecule has 0 unspecified atom stereocenters.